The standard InChI is InChI=1S/C27H34Cl2F2N2O2/c1-25(2,3)13-20-27(14-32,17-12-15(28)10-11-19(17)30)21(16-8-7-9-18(29)22(16)31)23(33-20)24(34)35-26(4,5)6/h7-12,20-21,23,33H,13-14,32H2,1-6H3/t20-,21-,23+,27-/m0/s1. The van der Waals surface area contributed by atoms with Crippen LogP contribution in [0, 0.1) is 17.0 Å². The highest BCUT2D eigenvalue weighted by molar-refractivity contribution is 6.31. The summed E-state index contributed by atoms with van der Waals surface area (Å²) in [4.78, 5) is 13.5. The van der Waals surface area contributed by atoms with Gasteiger partial charge in [-0.3, -0.25) is 4.79 Å². The van der Waals surface area contributed by atoms with Gasteiger partial charge >= 0.3 is 5.97 Å². The molecule has 0 amide bonds. The van der Waals surface area contributed by atoms with E-state index in [9.17, 15) is 4.79 Å². The lowest BCUT2D eigenvalue weighted by Crippen LogP contribution is -2.50. The molecular weight excluding hydrogens is 493 g/mol. The van der Waals surface area contributed by atoms with Crippen molar-refractivity contribution in [2.45, 2.75) is 77.0 Å². The summed E-state index contributed by atoms with van der Waals surface area (Å²) in [6.07, 6.45) is 0.522. The van der Waals surface area contributed by atoms with Gasteiger partial charge in [0.15, 0.2) is 0 Å². The van der Waals surface area contributed by atoms with E-state index in [1.54, 1.807) is 32.9 Å². The van der Waals surface area contributed by atoms with Crippen molar-refractivity contribution in [3.63, 3.8) is 0 Å². The van der Waals surface area contributed by atoms with Crippen molar-refractivity contribution in [3.05, 3.63) is 69.2 Å². The predicted molar refractivity (Wildman–Crippen MR) is 137 cm³/mol. The molecule has 0 radical (unpaired) electrons. The third-order valence-corrected chi connectivity index (χ3v) is 6.98. The maximum Gasteiger partial charge on any atom is 0.324 e. The lowest BCUT2D eigenvalue weighted by Gasteiger charge is -2.42. The third-order valence-electron chi connectivity index (χ3n) is 6.45. The molecule has 192 valence electrons. The third kappa shape index (κ3) is 5.66. The molecule has 0 aliphatic carbocycles. The number of hydrogen-bond acceptors (Lipinski definition) is 4. The minimum atomic E-state index is -1.23. The lowest BCUT2D eigenvalue weighted by molar-refractivity contribution is -0.157. The highest BCUT2D eigenvalue weighted by Gasteiger charge is 2.60. The molecule has 2 aromatic carbocycles. The van der Waals surface area contributed by atoms with Gasteiger partial charge in [0.1, 0.15) is 23.3 Å². The zero-order chi connectivity index (χ0) is 26.3. The summed E-state index contributed by atoms with van der Waals surface area (Å²) in [5.41, 5.74) is 4.63. The fourth-order valence-electron chi connectivity index (χ4n) is 5.20. The summed E-state index contributed by atoms with van der Waals surface area (Å²) in [7, 11) is 0. The van der Waals surface area contributed by atoms with Crippen LogP contribution in [-0.4, -0.2) is 30.2 Å². The number of carbonyl (C=O) groups excluding carboxylic acids is 1. The van der Waals surface area contributed by atoms with Crippen molar-refractivity contribution in [2.75, 3.05) is 6.54 Å². The normalized spacial score (nSPS) is 25.1. The number of halogens is 4. The fraction of sp³-hybridized carbons (Fsp3) is 0.519. The molecular formula is C27H34Cl2F2N2O2. The Morgan fingerprint density at radius 1 is 1.11 bits per heavy atom. The van der Waals surface area contributed by atoms with Crippen LogP contribution in [0.4, 0.5) is 8.78 Å². The summed E-state index contributed by atoms with van der Waals surface area (Å²) < 4.78 is 36.9. The van der Waals surface area contributed by atoms with Crippen LogP contribution in [0.1, 0.15) is 65.0 Å². The molecule has 3 N–H and O–H groups in total. The van der Waals surface area contributed by atoms with Gasteiger partial charge in [-0.05, 0) is 68.0 Å². The van der Waals surface area contributed by atoms with E-state index in [0.29, 0.717) is 11.4 Å². The van der Waals surface area contributed by atoms with E-state index in [2.05, 4.69) is 5.32 Å². The Morgan fingerprint density at radius 2 is 1.77 bits per heavy atom. The molecule has 4 atom stereocenters. The van der Waals surface area contributed by atoms with Crippen molar-refractivity contribution < 1.29 is 18.3 Å². The Morgan fingerprint density at radius 3 is 2.34 bits per heavy atom. The van der Waals surface area contributed by atoms with Gasteiger partial charge in [0, 0.05) is 28.9 Å². The van der Waals surface area contributed by atoms with E-state index in [1.165, 1.54) is 24.3 Å². The van der Waals surface area contributed by atoms with Crippen LogP contribution < -0.4 is 11.1 Å². The number of esters is 1. The SMILES string of the molecule is CC(C)(C)C[C@@H]1N[C@@H](C(=O)OC(C)(C)C)[C@H](c2cccc(Cl)c2F)[C@@]1(CN)c1cc(Cl)ccc1F. The van der Waals surface area contributed by atoms with Gasteiger partial charge in [0.2, 0.25) is 0 Å². The van der Waals surface area contributed by atoms with Gasteiger partial charge in [-0.1, -0.05) is 56.1 Å². The van der Waals surface area contributed by atoms with Crippen molar-refractivity contribution in [2.24, 2.45) is 11.1 Å². The summed E-state index contributed by atoms with van der Waals surface area (Å²) in [6, 6.07) is 7.35. The quantitative estimate of drug-likeness (QED) is 0.444. The zero-order valence-electron chi connectivity index (χ0n) is 21.0. The monoisotopic (exact) mass is 526 g/mol. The molecule has 0 unspecified atom stereocenters. The zero-order valence-corrected chi connectivity index (χ0v) is 22.5. The predicted octanol–water partition coefficient (Wildman–Crippen LogP) is 6.37. The highest BCUT2D eigenvalue weighted by atomic mass is 35.5. The molecule has 0 saturated carbocycles. The first-order chi connectivity index (χ1) is 16.1. The van der Waals surface area contributed by atoms with Crippen LogP contribution in [0.3, 0.4) is 0 Å². The Hall–Kier alpha value is -1.73. The van der Waals surface area contributed by atoms with Gasteiger partial charge in [0.05, 0.1) is 5.02 Å². The fourth-order valence-corrected chi connectivity index (χ4v) is 5.56. The minimum Gasteiger partial charge on any atom is -0.459 e. The topological polar surface area (TPSA) is 64.3 Å². The van der Waals surface area contributed by atoms with Crippen LogP contribution in [0.2, 0.25) is 10.0 Å². The summed E-state index contributed by atoms with van der Waals surface area (Å²) in [5.74, 6) is -2.69. The van der Waals surface area contributed by atoms with Crippen LogP contribution in [0.5, 0.6) is 0 Å². The molecule has 35 heavy (non-hydrogen) atoms. The van der Waals surface area contributed by atoms with E-state index in [1.807, 2.05) is 20.8 Å². The number of rotatable bonds is 5. The molecule has 1 fully saturated rings. The average molecular weight is 527 g/mol. The van der Waals surface area contributed by atoms with Crippen molar-refractivity contribution in [1.29, 1.82) is 0 Å². The maximum atomic E-state index is 15.6. The van der Waals surface area contributed by atoms with Crippen molar-refractivity contribution in [1.82, 2.24) is 5.32 Å². The molecule has 0 bridgehead atoms. The molecule has 3 rings (SSSR count). The van der Waals surface area contributed by atoms with E-state index in [4.69, 9.17) is 33.7 Å². The lowest BCUT2D eigenvalue weighted by atomic mass is 9.62. The smallest absolute Gasteiger partial charge is 0.324 e. The molecule has 1 aliphatic heterocycles. The first kappa shape index (κ1) is 27.9. The summed E-state index contributed by atoms with van der Waals surface area (Å²) in [5, 5.41) is 3.60. The second kappa shape index (κ2) is 9.97. The summed E-state index contributed by atoms with van der Waals surface area (Å²) >= 11 is 12.5. The van der Waals surface area contributed by atoms with Crippen LogP contribution in [-0.2, 0) is 14.9 Å². The van der Waals surface area contributed by atoms with E-state index in [0.717, 1.165) is 0 Å². The molecule has 4 nitrogen and oxygen atoms in total. The Bertz CT molecular complexity index is 1100. The number of hydrogen-bond donors (Lipinski definition) is 2. The summed E-state index contributed by atoms with van der Waals surface area (Å²) in [6.45, 7) is 11.3. The first-order valence-electron chi connectivity index (χ1n) is 11.7. The van der Waals surface area contributed by atoms with Crippen LogP contribution in [0.25, 0.3) is 0 Å². The largest absolute Gasteiger partial charge is 0.459 e. The molecule has 2 aromatic rings. The number of nitrogens with two attached hydrogens (primary N) is 1. The van der Waals surface area contributed by atoms with E-state index < -0.39 is 46.6 Å². The molecule has 0 spiro atoms. The second-order valence-corrected chi connectivity index (χ2v) is 12.3. The van der Waals surface area contributed by atoms with E-state index in [-0.39, 0.29) is 28.1 Å². The van der Waals surface area contributed by atoms with E-state index >= 15 is 8.78 Å². The van der Waals surface area contributed by atoms with Gasteiger partial charge < -0.3 is 15.8 Å². The first-order valence-corrected chi connectivity index (χ1v) is 12.4. The van der Waals surface area contributed by atoms with Crippen molar-refractivity contribution in [3.8, 4) is 0 Å². The Balaban J connectivity index is 2.37. The maximum absolute atomic E-state index is 15.6. The van der Waals surface area contributed by atoms with Crippen molar-refractivity contribution >= 4 is 29.2 Å². The number of nitrogens with one attached hydrogen (secondary N) is 1. The highest BCUT2D eigenvalue weighted by Crippen LogP contribution is 2.53. The minimum absolute atomic E-state index is 0.0755. The molecule has 1 heterocycles. The molecule has 8 heteroatoms. The second-order valence-electron chi connectivity index (χ2n) is 11.5. The van der Waals surface area contributed by atoms with Crippen LogP contribution >= 0.6 is 23.2 Å². The molecule has 1 saturated heterocycles. The number of benzene rings is 2. The van der Waals surface area contributed by atoms with Crippen LogP contribution in [0.15, 0.2) is 36.4 Å². The van der Waals surface area contributed by atoms with Gasteiger partial charge in [-0.2, -0.15) is 0 Å². The number of carbonyl (C=O) groups is 1. The van der Waals surface area contributed by atoms with Gasteiger partial charge in [0.25, 0.3) is 0 Å². The Kier molecular flexibility index (Phi) is 7.93. The molecule has 1 aliphatic rings. The molecule has 0 aromatic heterocycles. The number of ether oxygens (including phenoxy) is 1. The average Bonchev–Trinajstić information content (AvgIpc) is 3.03. The Labute approximate surface area is 216 Å². The van der Waals surface area contributed by atoms with Gasteiger partial charge in [-0.15, -0.1) is 0 Å². The van der Waals surface area contributed by atoms with Gasteiger partial charge in [-0.25, -0.2) is 8.78 Å².